The van der Waals surface area contributed by atoms with Gasteiger partial charge in [0, 0.05) is 44.5 Å². The summed E-state index contributed by atoms with van der Waals surface area (Å²) in [5, 5.41) is 0. The van der Waals surface area contributed by atoms with Gasteiger partial charge in [-0.15, -0.1) is 0 Å². The molecule has 3 aromatic rings. The predicted octanol–water partition coefficient (Wildman–Crippen LogP) is 5.41. The highest BCUT2D eigenvalue weighted by Crippen LogP contribution is 2.41. The van der Waals surface area contributed by atoms with Crippen LogP contribution in [0.4, 0.5) is 0 Å². The molecule has 1 fully saturated rings. The van der Waals surface area contributed by atoms with Gasteiger partial charge < -0.3 is 33.3 Å². The number of pyridine rings is 1. The minimum Gasteiger partial charge on any atom is -0.493 e. The van der Waals surface area contributed by atoms with Gasteiger partial charge in [0.05, 0.1) is 48.4 Å². The molecule has 1 aromatic heterocycles. The van der Waals surface area contributed by atoms with Crippen LogP contribution in [-0.4, -0.2) is 90.2 Å². The van der Waals surface area contributed by atoms with Crippen molar-refractivity contribution in [2.45, 2.75) is 19.4 Å². The predicted molar refractivity (Wildman–Crippen MR) is 165 cm³/mol. The standard InChI is InChI=1S/C33H43N3O6/c1-37-28-19-24(20-29(38-2)32(28)41-5)10-8-7-9-13-35-14-16-36(17-15-35)23-25-11-12-34-27(18-25)26-21-30(39-3)33(42-6)31(22-26)40-4/h8,10-12,18-22H,7,9,13-17,23H2,1-6H3. The van der Waals surface area contributed by atoms with E-state index in [1.165, 1.54) is 5.56 Å². The number of ether oxygens (including phenoxy) is 6. The van der Waals surface area contributed by atoms with Crippen LogP contribution in [0.1, 0.15) is 24.0 Å². The Bertz CT molecular complexity index is 1290. The summed E-state index contributed by atoms with van der Waals surface area (Å²) >= 11 is 0. The van der Waals surface area contributed by atoms with Gasteiger partial charge in [0.2, 0.25) is 11.5 Å². The van der Waals surface area contributed by atoms with E-state index in [9.17, 15) is 0 Å². The summed E-state index contributed by atoms with van der Waals surface area (Å²) in [6.07, 6.45) is 8.33. The molecule has 0 unspecified atom stereocenters. The van der Waals surface area contributed by atoms with E-state index in [1.807, 2.05) is 30.5 Å². The fourth-order valence-corrected chi connectivity index (χ4v) is 5.24. The first-order valence-corrected chi connectivity index (χ1v) is 14.2. The Labute approximate surface area is 249 Å². The van der Waals surface area contributed by atoms with Crippen LogP contribution in [0.2, 0.25) is 0 Å². The molecule has 0 radical (unpaired) electrons. The lowest BCUT2D eigenvalue weighted by molar-refractivity contribution is 0.126. The van der Waals surface area contributed by atoms with Crippen LogP contribution in [0, 0.1) is 0 Å². The van der Waals surface area contributed by atoms with Gasteiger partial charge in [-0.1, -0.05) is 12.2 Å². The van der Waals surface area contributed by atoms with Crippen molar-refractivity contribution in [3.05, 3.63) is 59.8 Å². The first kappa shape index (κ1) is 31.0. The highest BCUT2D eigenvalue weighted by atomic mass is 16.5. The monoisotopic (exact) mass is 577 g/mol. The van der Waals surface area contributed by atoms with Crippen molar-refractivity contribution >= 4 is 6.08 Å². The molecule has 42 heavy (non-hydrogen) atoms. The second-order valence-electron chi connectivity index (χ2n) is 10.1. The van der Waals surface area contributed by atoms with Crippen LogP contribution in [0.25, 0.3) is 17.3 Å². The molecule has 0 saturated carbocycles. The number of piperazine rings is 1. The number of hydrogen-bond donors (Lipinski definition) is 0. The molecule has 9 heteroatoms. The maximum atomic E-state index is 5.53. The lowest BCUT2D eigenvalue weighted by Gasteiger charge is -2.34. The summed E-state index contributed by atoms with van der Waals surface area (Å²) in [5.74, 6) is 3.75. The Morgan fingerprint density at radius 2 is 1.24 bits per heavy atom. The average Bonchev–Trinajstić information content (AvgIpc) is 3.04. The molecule has 0 aliphatic carbocycles. The lowest BCUT2D eigenvalue weighted by Crippen LogP contribution is -2.46. The first-order chi connectivity index (χ1) is 20.5. The van der Waals surface area contributed by atoms with Crippen LogP contribution >= 0.6 is 0 Å². The van der Waals surface area contributed by atoms with Crippen molar-refractivity contribution in [3.8, 4) is 45.8 Å². The quantitative estimate of drug-likeness (QED) is 0.234. The number of allylic oxidation sites excluding steroid dienone is 1. The molecule has 0 N–H and O–H groups in total. The summed E-state index contributed by atoms with van der Waals surface area (Å²) in [6.45, 7) is 6.22. The Morgan fingerprint density at radius 3 is 1.79 bits per heavy atom. The molecular weight excluding hydrogens is 534 g/mol. The molecule has 0 spiro atoms. The zero-order valence-corrected chi connectivity index (χ0v) is 25.6. The molecule has 0 amide bonds. The van der Waals surface area contributed by atoms with Crippen molar-refractivity contribution < 1.29 is 28.4 Å². The van der Waals surface area contributed by atoms with E-state index < -0.39 is 0 Å². The Morgan fingerprint density at radius 1 is 0.690 bits per heavy atom. The van der Waals surface area contributed by atoms with Gasteiger partial charge in [-0.3, -0.25) is 9.88 Å². The van der Waals surface area contributed by atoms with Gasteiger partial charge in [-0.2, -0.15) is 0 Å². The van der Waals surface area contributed by atoms with Crippen molar-refractivity contribution in [3.63, 3.8) is 0 Å². The number of unbranched alkanes of at least 4 members (excludes halogenated alkanes) is 1. The fraction of sp³-hybridized carbons (Fsp3) is 0.424. The maximum absolute atomic E-state index is 5.53. The Kier molecular flexibility index (Phi) is 11.3. The summed E-state index contributed by atoms with van der Waals surface area (Å²) in [5.41, 5.74) is 4.07. The van der Waals surface area contributed by atoms with Gasteiger partial charge in [0.1, 0.15) is 0 Å². The summed E-state index contributed by atoms with van der Waals surface area (Å²) in [7, 11) is 9.74. The molecule has 1 saturated heterocycles. The summed E-state index contributed by atoms with van der Waals surface area (Å²) in [6, 6.07) is 12.0. The number of aromatic nitrogens is 1. The van der Waals surface area contributed by atoms with Crippen LogP contribution in [-0.2, 0) is 6.54 Å². The second kappa shape index (κ2) is 15.3. The van der Waals surface area contributed by atoms with Gasteiger partial charge in [0.15, 0.2) is 23.0 Å². The van der Waals surface area contributed by atoms with E-state index in [1.54, 1.807) is 42.7 Å². The number of benzene rings is 2. The molecule has 0 atom stereocenters. The van der Waals surface area contributed by atoms with E-state index in [0.29, 0.717) is 34.5 Å². The molecule has 4 rings (SSSR count). The minimum atomic E-state index is 0.576. The number of hydrogen-bond acceptors (Lipinski definition) is 9. The highest BCUT2D eigenvalue weighted by molar-refractivity contribution is 5.69. The largest absolute Gasteiger partial charge is 0.493 e. The van der Waals surface area contributed by atoms with Crippen LogP contribution < -0.4 is 28.4 Å². The van der Waals surface area contributed by atoms with E-state index in [4.69, 9.17) is 28.4 Å². The van der Waals surface area contributed by atoms with E-state index in [2.05, 4.69) is 39.1 Å². The van der Waals surface area contributed by atoms with Crippen molar-refractivity contribution in [1.82, 2.24) is 14.8 Å². The molecule has 226 valence electrons. The Balaban J connectivity index is 1.26. The molecule has 0 bridgehead atoms. The molecule has 2 heterocycles. The topological polar surface area (TPSA) is 74.8 Å². The molecule has 1 aliphatic heterocycles. The lowest BCUT2D eigenvalue weighted by atomic mass is 10.1. The number of methoxy groups -OCH3 is 6. The van der Waals surface area contributed by atoms with Crippen LogP contribution in [0.15, 0.2) is 48.7 Å². The third-order valence-corrected chi connectivity index (χ3v) is 7.50. The van der Waals surface area contributed by atoms with Crippen LogP contribution in [0.5, 0.6) is 34.5 Å². The SMILES string of the molecule is COc1cc(C=CCCCN2CCN(Cc3ccnc(-c4cc(OC)c(OC)c(OC)c4)c3)CC2)cc(OC)c1OC. The zero-order valence-electron chi connectivity index (χ0n) is 25.6. The average molecular weight is 578 g/mol. The molecule has 2 aromatic carbocycles. The van der Waals surface area contributed by atoms with E-state index >= 15 is 0 Å². The first-order valence-electron chi connectivity index (χ1n) is 14.2. The van der Waals surface area contributed by atoms with E-state index in [0.717, 1.165) is 68.9 Å². The number of nitrogens with zero attached hydrogens (tertiary/aromatic N) is 3. The maximum Gasteiger partial charge on any atom is 0.203 e. The zero-order chi connectivity index (χ0) is 29.9. The van der Waals surface area contributed by atoms with Crippen LogP contribution in [0.3, 0.4) is 0 Å². The second-order valence-corrected chi connectivity index (χ2v) is 10.1. The van der Waals surface area contributed by atoms with Gasteiger partial charge >= 0.3 is 0 Å². The molecule has 1 aliphatic rings. The van der Waals surface area contributed by atoms with Gasteiger partial charge in [-0.25, -0.2) is 0 Å². The summed E-state index contributed by atoms with van der Waals surface area (Å²) < 4.78 is 32.8. The minimum absolute atomic E-state index is 0.576. The molecule has 9 nitrogen and oxygen atoms in total. The fourth-order valence-electron chi connectivity index (χ4n) is 5.24. The normalized spacial score (nSPS) is 14.1. The van der Waals surface area contributed by atoms with Gasteiger partial charge in [0.25, 0.3) is 0 Å². The van der Waals surface area contributed by atoms with Crippen molar-refractivity contribution in [2.75, 3.05) is 75.4 Å². The number of rotatable bonds is 14. The highest BCUT2D eigenvalue weighted by Gasteiger charge is 2.18. The van der Waals surface area contributed by atoms with Gasteiger partial charge in [-0.05, 0) is 66.9 Å². The third-order valence-electron chi connectivity index (χ3n) is 7.50. The van der Waals surface area contributed by atoms with Crippen molar-refractivity contribution in [1.29, 1.82) is 0 Å². The Hall–Kier alpha value is -3.95. The summed E-state index contributed by atoms with van der Waals surface area (Å²) in [4.78, 5) is 9.67. The van der Waals surface area contributed by atoms with E-state index in [-0.39, 0.29) is 0 Å². The smallest absolute Gasteiger partial charge is 0.203 e. The third kappa shape index (κ3) is 7.66. The van der Waals surface area contributed by atoms with Crippen molar-refractivity contribution in [2.24, 2.45) is 0 Å². The molecular formula is C33H43N3O6.